The number of aliphatic hydroxyl groups is 1. The summed E-state index contributed by atoms with van der Waals surface area (Å²) in [5.74, 6) is 0.687. The second-order valence-corrected chi connectivity index (χ2v) is 4.86. The van der Waals surface area contributed by atoms with E-state index in [1.807, 2.05) is 24.3 Å². The number of rotatable bonds is 2. The standard InChI is InChI=1S/C13H14ClN3O/c14-12-13(17-7-3-4-9(17)8-18)16-11-6-2-1-5-10(11)15-12/h1-2,5-6,9,18H,3-4,7-8H2. The maximum atomic E-state index is 9.37. The topological polar surface area (TPSA) is 49.2 Å². The lowest BCUT2D eigenvalue weighted by Crippen LogP contribution is -2.33. The lowest BCUT2D eigenvalue weighted by molar-refractivity contribution is 0.266. The molecule has 2 aromatic rings. The Hall–Kier alpha value is -1.39. The third kappa shape index (κ3) is 1.91. The van der Waals surface area contributed by atoms with Crippen LogP contribution in [0.15, 0.2) is 24.3 Å². The van der Waals surface area contributed by atoms with Crippen molar-refractivity contribution in [1.82, 2.24) is 9.97 Å². The summed E-state index contributed by atoms with van der Waals surface area (Å²) in [6.45, 7) is 1.00. The van der Waals surface area contributed by atoms with Crippen LogP contribution in [0, 0.1) is 0 Å². The van der Waals surface area contributed by atoms with E-state index in [0.717, 1.165) is 30.4 Å². The zero-order valence-electron chi connectivity index (χ0n) is 9.88. The minimum atomic E-state index is 0.109. The van der Waals surface area contributed by atoms with Crippen molar-refractivity contribution in [2.75, 3.05) is 18.1 Å². The molecule has 0 spiro atoms. The van der Waals surface area contributed by atoms with Gasteiger partial charge in [0.05, 0.1) is 23.7 Å². The molecule has 94 valence electrons. The molecule has 4 nitrogen and oxygen atoms in total. The van der Waals surface area contributed by atoms with E-state index in [2.05, 4.69) is 14.9 Å². The molecule has 0 radical (unpaired) electrons. The molecule has 5 heteroatoms. The Morgan fingerprint density at radius 3 is 2.72 bits per heavy atom. The van der Waals surface area contributed by atoms with Crippen LogP contribution in [0.4, 0.5) is 5.82 Å². The van der Waals surface area contributed by atoms with Gasteiger partial charge in [0.2, 0.25) is 0 Å². The highest BCUT2D eigenvalue weighted by molar-refractivity contribution is 6.32. The summed E-state index contributed by atoms with van der Waals surface area (Å²) in [5.41, 5.74) is 1.63. The molecule has 1 unspecified atom stereocenters. The fourth-order valence-electron chi connectivity index (χ4n) is 2.46. The average molecular weight is 264 g/mol. The van der Waals surface area contributed by atoms with E-state index in [4.69, 9.17) is 11.6 Å². The first kappa shape index (κ1) is 11.7. The maximum Gasteiger partial charge on any atom is 0.172 e. The first-order valence-corrected chi connectivity index (χ1v) is 6.47. The van der Waals surface area contributed by atoms with Gasteiger partial charge >= 0.3 is 0 Å². The second-order valence-electron chi connectivity index (χ2n) is 4.50. The molecule has 1 aliphatic rings. The fraction of sp³-hybridized carbons (Fsp3) is 0.385. The average Bonchev–Trinajstić information content (AvgIpc) is 2.86. The molecule has 1 fully saturated rings. The van der Waals surface area contributed by atoms with Crippen LogP contribution in [0.1, 0.15) is 12.8 Å². The van der Waals surface area contributed by atoms with Crippen molar-refractivity contribution in [3.63, 3.8) is 0 Å². The van der Waals surface area contributed by atoms with Crippen molar-refractivity contribution in [2.24, 2.45) is 0 Å². The number of aromatic nitrogens is 2. The van der Waals surface area contributed by atoms with Crippen LogP contribution in [0.5, 0.6) is 0 Å². The van der Waals surface area contributed by atoms with Gasteiger partial charge in [-0.15, -0.1) is 0 Å². The van der Waals surface area contributed by atoms with Crippen molar-refractivity contribution in [3.8, 4) is 0 Å². The van der Waals surface area contributed by atoms with E-state index in [1.54, 1.807) is 0 Å². The number of benzene rings is 1. The van der Waals surface area contributed by atoms with Gasteiger partial charge in [-0.25, -0.2) is 9.97 Å². The molecule has 1 N–H and O–H groups in total. The second kappa shape index (κ2) is 4.71. The van der Waals surface area contributed by atoms with E-state index < -0.39 is 0 Å². The molecule has 0 saturated carbocycles. The molecule has 1 saturated heterocycles. The number of hydrogen-bond donors (Lipinski definition) is 1. The SMILES string of the molecule is OCC1CCCN1c1nc2ccccc2nc1Cl. The highest BCUT2D eigenvalue weighted by atomic mass is 35.5. The molecule has 1 aromatic carbocycles. The van der Waals surface area contributed by atoms with Gasteiger partial charge in [0.25, 0.3) is 0 Å². The minimum absolute atomic E-state index is 0.109. The van der Waals surface area contributed by atoms with Gasteiger partial charge in [-0.1, -0.05) is 23.7 Å². The number of anilines is 1. The molecule has 1 aliphatic heterocycles. The molecule has 2 heterocycles. The molecule has 0 bridgehead atoms. The van der Waals surface area contributed by atoms with E-state index in [-0.39, 0.29) is 12.6 Å². The Morgan fingerprint density at radius 2 is 2.00 bits per heavy atom. The van der Waals surface area contributed by atoms with Crippen LogP contribution < -0.4 is 4.90 Å². The summed E-state index contributed by atoms with van der Waals surface area (Å²) in [5, 5.41) is 9.78. The van der Waals surface area contributed by atoms with Crippen LogP contribution in [0.25, 0.3) is 11.0 Å². The number of aliphatic hydroxyl groups excluding tert-OH is 1. The smallest absolute Gasteiger partial charge is 0.172 e. The summed E-state index contributed by atoms with van der Waals surface area (Å²) >= 11 is 6.21. The Balaban J connectivity index is 2.08. The van der Waals surface area contributed by atoms with Gasteiger partial charge in [0.15, 0.2) is 11.0 Å². The summed E-state index contributed by atoms with van der Waals surface area (Å²) in [6, 6.07) is 7.78. The van der Waals surface area contributed by atoms with Gasteiger partial charge in [0.1, 0.15) is 0 Å². The minimum Gasteiger partial charge on any atom is -0.394 e. The van der Waals surface area contributed by atoms with Crippen molar-refractivity contribution in [3.05, 3.63) is 29.4 Å². The first-order valence-electron chi connectivity index (χ1n) is 6.09. The number of fused-ring (bicyclic) bond motifs is 1. The molecule has 18 heavy (non-hydrogen) atoms. The van der Waals surface area contributed by atoms with Gasteiger partial charge in [-0.3, -0.25) is 0 Å². The Morgan fingerprint density at radius 1 is 1.28 bits per heavy atom. The van der Waals surface area contributed by atoms with Gasteiger partial charge < -0.3 is 10.0 Å². The molecule has 1 atom stereocenters. The summed E-state index contributed by atoms with van der Waals surface area (Å²) < 4.78 is 0. The van der Waals surface area contributed by atoms with E-state index in [0.29, 0.717) is 11.0 Å². The predicted molar refractivity (Wildman–Crippen MR) is 72.0 cm³/mol. The molecule has 3 rings (SSSR count). The van der Waals surface area contributed by atoms with Crippen LogP contribution in [-0.4, -0.2) is 34.3 Å². The van der Waals surface area contributed by atoms with Crippen LogP contribution in [0.3, 0.4) is 0 Å². The number of halogens is 1. The molecular weight excluding hydrogens is 250 g/mol. The quantitative estimate of drug-likeness (QED) is 0.903. The molecule has 1 aromatic heterocycles. The predicted octanol–water partition coefficient (Wildman–Crippen LogP) is 2.24. The highest BCUT2D eigenvalue weighted by Gasteiger charge is 2.27. The van der Waals surface area contributed by atoms with Crippen molar-refractivity contribution in [2.45, 2.75) is 18.9 Å². The van der Waals surface area contributed by atoms with Crippen LogP contribution in [-0.2, 0) is 0 Å². The lowest BCUT2D eigenvalue weighted by atomic mass is 10.2. The normalized spacial score (nSPS) is 19.7. The Labute approximate surface area is 110 Å². The monoisotopic (exact) mass is 263 g/mol. The third-order valence-corrected chi connectivity index (χ3v) is 3.62. The summed E-state index contributed by atoms with van der Waals surface area (Å²) in [6.07, 6.45) is 2.03. The molecule has 0 amide bonds. The van der Waals surface area contributed by atoms with Crippen LogP contribution >= 0.6 is 11.6 Å². The highest BCUT2D eigenvalue weighted by Crippen LogP contribution is 2.30. The van der Waals surface area contributed by atoms with Crippen LogP contribution in [0.2, 0.25) is 5.15 Å². The van der Waals surface area contributed by atoms with E-state index in [1.165, 1.54) is 0 Å². The van der Waals surface area contributed by atoms with E-state index in [9.17, 15) is 5.11 Å². The Bertz CT molecular complexity index is 575. The molecular formula is C13H14ClN3O. The van der Waals surface area contributed by atoms with Crippen molar-refractivity contribution >= 4 is 28.5 Å². The number of hydrogen-bond acceptors (Lipinski definition) is 4. The summed E-state index contributed by atoms with van der Waals surface area (Å²) in [7, 11) is 0. The fourth-order valence-corrected chi connectivity index (χ4v) is 2.70. The number of nitrogens with zero attached hydrogens (tertiary/aromatic N) is 3. The summed E-state index contributed by atoms with van der Waals surface area (Å²) in [4.78, 5) is 11.0. The van der Waals surface area contributed by atoms with Gasteiger partial charge in [0, 0.05) is 6.54 Å². The number of para-hydroxylation sites is 2. The van der Waals surface area contributed by atoms with Gasteiger partial charge in [-0.2, -0.15) is 0 Å². The Kier molecular flexibility index (Phi) is 3.06. The van der Waals surface area contributed by atoms with E-state index >= 15 is 0 Å². The largest absolute Gasteiger partial charge is 0.394 e. The zero-order chi connectivity index (χ0) is 12.5. The lowest BCUT2D eigenvalue weighted by Gasteiger charge is -2.24. The van der Waals surface area contributed by atoms with Crippen molar-refractivity contribution in [1.29, 1.82) is 0 Å². The van der Waals surface area contributed by atoms with Gasteiger partial charge in [-0.05, 0) is 25.0 Å². The first-order chi connectivity index (χ1) is 8.79. The maximum absolute atomic E-state index is 9.37. The van der Waals surface area contributed by atoms with Crippen molar-refractivity contribution < 1.29 is 5.11 Å². The molecule has 0 aliphatic carbocycles. The third-order valence-electron chi connectivity index (χ3n) is 3.37. The zero-order valence-corrected chi connectivity index (χ0v) is 10.6.